The van der Waals surface area contributed by atoms with E-state index >= 15 is 0 Å². The summed E-state index contributed by atoms with van der Waals surface area (Å²) < 4.78 is 5.60. The number of carbonyl (C=O) groups excluding carboxylic acids is 1. The van der Waals surface area contributed by atoms with Crippen molar-refractivity contribution in [3.05, 3.63) is 29.3 Å². The van der Waals surface area contributed by atoms with Crippen LogP contribution in [0.25, 0.3) is 0 Å². The fraction of sp³-hybridized carbons (Fsp3) is 0.632. The van der Waals surface area contributed by atoms with Crippen LogP contribution < -0.4 is 10.2 Å². The summed E-state index contributed by atoms with van der Waals surface area (Å²) in [5.41, 5.74) is 3.04. The van der Waals surface area contributed by atoms with Crippen LogP contribution in [0.2, 0.25) is 0 Å². The van der Waals surface area contributed by atoms with Gasteiger partial charge >= 0.3 is 0 Å². The van der Waals surface area contributed by atoms with Crippen molar-refractivity contribution in [2.45, 2.75) is 37.4 Å². The van der Waals surface area contributed by atoms with Crippen LogP contribution in [0.3, 0.4) is 0 Å². The largest absolute Gasteiger partial charge is 0.381 e. The van der Waals surface area contributed by atoms with Gasteiger partial charge in [-0.1, -0.05) is 11.6 Å². The van der Waals surface area contributed by atoms with Gasteiger partial charge in [0.2, 0.25) is 0 Å². The molecule has 0 unspecified atom stereocenters. The van der Waals surface area contributed by atoms with Crippen molar-refractivity contribution in [1.29, 1.82) is 0 Å². The van der Waals surface area contributed by atoms with Crippen molar-refractivity contribution < 1.29 is 9.53 Å². The monoisotopic (exact) mass is 348 g/mol. The van der Waals surface area contributed by atoms with E-state index in [1.54, 1.807) is 0 Å². The van der Waals surface area contributed by atoms with E-state index in [1.807, 2.05) is 24.8 Å². The summed E-state index contributed by atoms with van der Waals surface area (Å²) in [5, 5.41) is 3.21. The number of thioether (sulfide) groups is 1. The third kappa shape index (κ3) is 3.89. The second-order valence-corrected chi connectivity index (χ2v) is 8.17. The second-order valence-electron chi connectivity index (χ2n) is 6.90. The third-order valence-corrected chi connectivity index (χ3v) is 6.67. The first-order chi connectivity index (χ1) is 11.6. The van der Waals surface area contributed by atoms with Gasteiger partial charge in [0.1, 0.15) is 0 Å². The molecule has 0 spiro atoms. The first-order valence-corrected chi connectivity index (χ1v) is 10.1. The molecule has 2 fully saturated rings. The summed E-state index contributed by atoms with van der Waals surface area (Å²) in [6, 6.07) is 6.24. The highest BCUT2D eigenvalue weighted by atomic mass is 32.2. The molecule has 0 saturated carbocycles. The van der Waals surface area contributed by atoms with Crippen molar-refractivity contribution >= 4 is 23.4 Å². The average molecular weight is 349 g/mol. The molecule has 4 nitrogen and oxygen atoms in total. The molecule has 0 aliphatic carbocycles. The van der Waals surface area contributed by atoms with Crippen molar-refractivity contribution in [1.82, 2.24) is 5.32 Å². The molecule has 24 heavy (non-hydrogen) atoms. The van der Waals surface area contributed by atoms with E-state index in [4.69, 9.17) is 4.74 Å². The quantitative estimate of drug-likeness (QED) is 0.887. The number of hydrogen-bond donors (Lipinski definition) is 1. The molecule has 1 amide bonds. The number of benzene rings is 1. The minimum Gasteiger partial charge on any atom is -0.381 e. The van der Waals surface area contributed by atoms with Gasteiger partial charge in [-0.3, -0.25) is 4.79 Å². The number of nitrogens with one attached hydrogen (secondary N) is 1. The molecule has 1 aromatic carbocycles. The SMILES string of the molecule is CSC1(CNC(=O)c2cc(C)ccc2N2CCCC2)CCOCC1. The van der Waals surface area contributed by atoms with Crippen LogP contribution >= 0.6 is 11.8 Å². The fourth-order valence-electron chi connectivity index (χ4n) is 3.60. The van der Waals surface area contributed by atoms with Crippen LogP contribution in [0.4, 0.5) is 5.69 Å². The Morgan fingerprint density at radius 3 is 2.67 bits per heavy atom. The number of nitrogens with zero attached hydrogens (tertiary/aromatic N) is 1. The molecule has 0 atom stereocenters. The number of aryl methyl sites for hydroxylation is 1. The van der Waals surface area contributed by atoms with Gasteiger partial charge in [0.05, 0.1) is 5.56 Å². The lowest BCUT2D eigenvalue weighted by molar-refractivity contribution is 0.0742. The maximum Gasteiger partial charge on any atom is 0.253 e. The molecular weight excluding hydrogens is 320 g/mol. The number of anilines is 1. The zero-order valence-electron chi connectivity index (χ0n) is 14.8. The van der Waals surface area contributed by atoms with Gasteiger partial charge in [-0.15, -0.1) is 0 Å². The number of carbonyl (C=O) groups is 1. The Labute approximate surface area is 149 Å². The molecule has 2 heterocycles. The van der Waals surface area contributed by atoms with Crippen LogP contribution in [-0.2, 0) is 4.74 Å². The first-order valence-electron chi connectivity index (χ1n) is 8.90. The zero-order valence-corrected chi connectivity index (χ0v) is 15.6. The average Bonchev–Trinajstić information content (AvgIpc) is 3.15. The van der Waals surface area contributed by atoms with Crippen molar-refractivity contribution in [3.63, 3.8) is 0 Å². The molecular formula is C19H28N2O2S. The summed E-state index contributed by atoms with van der Waals surface area (Å²) >= 11 is 1.86. The van der Waals surface area contributed by atoms with Gasteiger partial charge < -0.3 is 15.0 Å². The van der Waals surface area contributed by atoms with Crippen LogP contribution in [0.5, 0.6) is 0 Å². The van der Waals surface area contributed by atoms with E-state index in [-0.39, 0.29) is 10.7 Å². The van der Waals surface area contributed by atoms with E-state index in [0.29, 0.717) is 6.54 Å². The van der Waals surface area contributed by atoms with Crippen molar-refractivity contribution in [2.75, 3.05) is 44.0 Å². The number of rotatable bonds is 5. The Hall–Kier alpha value is -1.20. The molecule has 2 saturated heterocycles. The summed E-state index contributed by atoms with van der Waals surface area (Å²) in [7, 11) is 0. The van der Waals surface area contributed by atoms with Gasteiger partial charge in [-0.05, 0) is 51.0 Å². The Balaban J connectivity index is 1.73. The molecule has 0 bridgehead atoms. The Morgan fingerprint density at radius 2 is 2.00 bits per heavy atom. The van der Waals surface area contributed by atoms with E-state index in [2.05, 4.69) is 28.6 Å². The van der Waals surface area contributed by atoms with Crippen LogP contribution in [-0.4, -0.2) is 49.8 Å². The standard InChI is InChI=1S/C19H28N2O2S/c1-15-5-6-17(21-9-3-4-10-21)16(13-15)18(22)20-14-19(24-2)7-11-23-12-8-19/h5-6,13H,3-4,7-12,14H2,1-2H3,(H,20,22). The van der Waals surface area contributed by atoms with E-state index in [1.165, 1.54) is 12.8 Å². The van der Waals surface area contributed by atoms with E-state index < -0.39 is 0 Å². The smallest absolute Gasteiger partial charge is 0.253 e. The van der Waals surface area contributed by atoms with Crippen molar-refractivity contribution in [2.24, 2.45) is 0 Å². The van der Waals surface area contributed by atoms with Gasteiger partial charge in [0.15, 0.2) is 0 Å². The summed E-state index contributed by atoms with van der Waals surface area (Å²) in [4.78, 5) is 15.2. The molecule has 2 aliphatic rings. The third-order valence-electron chi connectivity index (χ3n) is 5.25. The number of amides is 1. The molecule has 1 aromatic rings. The first kappa shape index (κ1) is 17.6. The summed E-state index contributed by atoms with van der Waals surface area (Å²) in [6.45, 7) is 6.45. The molecule has 1 N–H and O–H groups in total. The second kappa shape index (κ2) is 7.79. The van der Waals surface area contributed by atoms with E-state index in [9.17, 15) is 4.79 Å². The molecule has 3 rings (SSSR count). The minimum absolute atomic E-state index is 0.0560. The Kier molecular flexibility index (Phi) is 5.72. The molecule has 0 radical (unpaired) electrons. The minimum atomic E-state index is 0.0560. The highest BCUT2D eigenvalue weighted by Gasteiger charge is 2.32. The van der Waals surface area contributed by atoms with Gasteiger partial charge in [0.25, 0.3) is 5.91 Å². The van der Waals surface area contributed by atoms with Crippen LogP contribution in [0.1, 0.15) is 41.6 Å². The number of ether oxygens (including phenoxy) is 1. The highest BCUT2D eigenvalue weighted by Crippen LogP contribution is 2.33. The maximum atomic E-state index is 12.9. The lowest BCUT2D eigenvalue weighted by atomic mass is 9.98. The van der Waals surface area contributed by atoms with E-state index in [0.717, 1.165) is 56.0 Å². The lowest BCUT2D eigenvalue weighted by Crippen LogP contribution is -2.44. The maximum absolute atomic E-state index is 12.9. The van der Waals surface area contributed by atoms with Crippen LogP contribution in [0.15, 0.2) is 18.2 Å². The number of hydrogen-bond acceptors (Lipinski definition) is 4. The Morgan fingerprint density at radius 1 is 1.29 bits per heavy atom. The van der Waals surface area contributed by atoms with Crippen molar-refractivity contribution in [3.8, 4) is 0 Å². The van der Waals surface area contributed by atoms with Gasteiger partial charge in [-0.2, -0.15) is 11.8 Å². The van der Waals surface area contributed by atoms with Gasteiger partial charge in [-0.25, -0.2) is 0 Å². The Bertz CT molecular complexity index is 579. The predicted molar refractivity (Wildman–Crippen MR) is 101 cm³/mol. The highest BCUT2D eigenvalue weighted by molar-refractivity contribution is 8.00. The molecule has 5 heteroatoms. The molecule has 0 aromatic heterocycles. The molecule has 132 valence electrons. The topological polar surface area (TPSA) is 41.6 Å². The van der Waals surface area contributed by atoms with Gasteiger partial charge in [0, 0.05) is 43.3 Å². The zero-order chi connectivity index (χ0) is 17.0. The normalized spacial score (nSPS) is 20.2. The fourth-order valence-corrected chi connectivity index (χ4v) is 4.39. The summed E-state index contributed by atoms with van der Waals surface area (Å²) in [6.07, 6.45) is 6.57. The molecule has 2 aliphatic heterocycles. The lowest BCUT2D eigenvalue weighted by Gasteiger charge is -2.35. The predicted octanol–water partition coefficient (Wildman–Crippen LogP) is 3.24. The summed E-state index contributed by atoms with van der Waals surface area (Å²) in [5.74, 6) is 0.0560. The van der Waals surface area contributed by atoms with Crippen LogP contribution in [0, 0.1) is 6.92 Å².